The van der Waals surface area contributed by atoms with Crippen molar-refractivity contribution in [2.75, 3.05) is 12.3 Å². The SMILES string of the molecule is Cc1ccc(C)c(C(=O)NCCSCc2ccccc2)c1. The van der Waals surface area contributed by atoms with Crippen LogP contribution in [0, 0.1) is 13.8 Å². The number of thioether (sulfide) groups is 1. The highest BCUT2D eigenvalue weighted by Gasteiger charge is 2.08. The van der Waals surface area contributed by atoms with E-state index in [1.165, 1.54) is 5.56 Å². The van der Waals surface area contributed by atoms with Crippen molar-refractivity contribution in [1.29, 1.82) is 0 Å². The van der Waals surface area contributed by atoms with Crippen LogP contribution in [0.3, 0.4) is 0 Å². The molecule has 2 aromatic carbocycles. The molecule has 0 aliphatic heterocycles. The molecule has 0 saturated heterocycles. The number of hydrogen-bond donors (Lipinski definition) is 1. The van der Waals surface area contributed by atoms with Crippen molar-refractivity contribution < 1.29 is 4.79 Å². The van der Waals surface area contributed by atoms with E-state index in [-0.39, 0.29) is 5.91 Å². The smallest absolute Gasteiger partial charge is 0.251 e. The summed E-state index contributed by atoms with van der Waals surface area (Å²) in [5.41, 5.74) is 4.24. The van der Waals surface area contributed by atoms with E-state index in [0.29, 0.717) is 6.54 Å². The fourth-order valence-electron chi connectivity index (χ4n) is 2.08. The maximum absolute atomic E-state index is 12.1. The molecule has 0 aliphatic carbocycles. The van der Waals surface area contributed by atoms with Gasteiger partial charge in [-0.3, -0.25) is 4.79 Å². The molecule has 1 N–H and O–H groups in total. The number of aryl methyl sites for hydroxylation is 2. The monoisotopic (exact) mass is 299 g/mol. The summed E-state index contributed by atoms with van der Waals surface area (Å²) >= 11 is 1.84. The van der Waals surface area contributed by atoms with Crippen LogP contribution in [0.4, 0.5) is 0 Å². The van der Waals surface area contributed by atoms with Gasteiger partial charge in [0.05, 0.1) is 0 Å². The van der Waals surface area contributed by atoms with Crippen molar-refractivity contribution in [1.82, 2.24) is 5.32 Å². The number of amides is 1. The maximum Gasteiger partial charge on any atom is 0.251 e. The Kier molecular flexibility index (Phi) is 5.88. The number of rotatable bonds is 6. The van der Waals surface area contributed by atoms with Gasteiger partial charge in [0.1, 0.15) is 0 Å². The van der Waals surface area contributed by atoms with Crippen LogP contribution in [0.15, 0.2) is 48.5 Å². The first-order valence-electron chi connectivity index (χ1n) is 7.14. The number of benzene rings is 2. The van der Waals surface area contributed by atoms with Crippen molar-refractivity contribution in [3.63, 3.8) is 0 Å². The summed E-state index contributed by atoms with van der Waals surface area (Å²) in [6.07, 6.45) is 0. The lowest BCUT2D eigenvalue weighted by atomic mass is 10.1. The van der Waals surface area contributed by atoms with Gasteiger partial charge in [0.2, 0.25) is 0 Å². The minimum absolute atomic E-state index is 0.0245. The lowest BCUT2D eigenvalue weighted by Crippen LogP contribution is -2.26. The van der Waals surface area contributed by atoms with Gasteiger partial charge in [-0.15, -0.1) is 0 Å². The molecule has 0 bridgehead atoms. The van der Waals surface area contributed by atoms with Gasteiger partial charge in [-0.1, -0.05) is 48.0 Å². The quantitative estimate of drug-likeness (QED) is 0.818. The van der Waals surface area contributed by atoms with Crippen molar-refractivity contribution in [3.05, 3.63) is 70.8 Å². The van der Waals surface area contributed by atoms with E-state index in [0.717, 1.165) is 28.2 Å². The fourth-order valence-corrected chi connectivity index (χ4v) is 2.90. The standard InChI is InChI=1S/C18H21NOS/c1-14-8-9-15(2)17(12-14)18(20)19-10-11-21-13-16-6-4-3-5-7-16/h3-9,12H,10-11,13H2,1-2H3,(H,19,20). The average Bonchev–Trinajstić information content (AvgIpc) is 2.50. The summed E-state index contributed by atoms with van der Waals surface area (Å²) < 4.78 is 0. The normalized spacial score (nSPS) is 10.4. The zero-order chi connectivity index (χ0) is 15.1. The van der Waals surface area contributed by atoms with Crippen LogP contribution < -0.4 is 5.32 Å². The lowest BCUT2D eigenvalue weighted by molar-refractivity contribution is 0.0955. The predicted octanol–water partition coefficient (Wildman–Crippen LogP) is 3.97. The second kappa shape index (κ2) is 7.89. The molecule has 1 amide bonds. The molecule has 21 heavy (non-hydrogen) atoms. The molecule has 0 radical (unpaired) electrons. The second-order valence-corrected chi connectivity index (χ2v) is 6.22. The van der Waals surface area contributed by atoms with E-state index in [9.17, 15) is 4.79 Å². The molecule has 0 spiro atoms. The van der Waals surface area contributed by atoms with Crippen molar-refractivity contribution in [2.45, 2.75) is 19.6 Å². The van der Waals surface area contributed by atoms with Crippen LogP contribution in [-0.2, 0) is 5.75 Å². The number of carbonyl (C=O) groups excluding carboxylic acids is 1. The van der Waals surface area contributed by atoms with Crippen molar-refractivity contribution in [3.8, 4) is 0 Å². The van der Waals surface area contributed by atoms with Crippen LogP contribution >= 0.6 is 11.8 Å². The number of carbonyl (C=O) groups is 1. The van der Waals surface area contributed by atoms with Crippen LogP contribution in [0.1, 0.15) is 27.0 Å². The van der Waals surface area contributed by atoms with Gasteiger partial charge in [-0.25, -0.2) is 0 Å². The second-order valence-electron chi connectivity index (χ2n) is 5.11. The summed E-state index contributed by atoms with van der Waals surface area (Å²) in [5.74, 6) is 1.93. The highest BCUT2D eigenvalue weighted by Crippen LogP contribution is 2.12. The fraction of sp³-hybridized carbons (Fsp3) is 0.278. The van der Waals surface area contributed by atoms with Gasteiger partial charge >= 0.3 is 0 Å². The van der Waals surface area contributed by atoms with Crippen molar-refractivity contribution in [2.24, 2.45) is 0 Å². The van der Waals surface area contributed by atoms with Gasteiger partial charge in [-0.2, -0.15) is 11.8 Å². The Morgan fingerprint density at radius 2 is 1.86 bits per heavy atom. The first-order valence-corrected chi connectivity index (χ1v) is 8.29. The average molecular weight is 299 g/mol. The Balaban J connectivity index is 1.73. The van der Waals surface area contributed by atoms with Gasteiger partial charge in [-0.05, 0) is 31.0 Å². The zero-order valence-corrected chi connectivity index (χ0v) is 13.4. The third-order valence-corrected chi connectivity index (χ3v) is 4.31. The van der Waals surface area contributed by atoms with Crippen molar-refractivity contribution >= 4 is 17.7 Å². The van der Waals surface area contributed by atoms with E-state index in [1.807, 2.05) is 49.9 Å². The van der Waals surface area contributed by atoms with Gasteiger partial charge in [0.25, 0.3) is 5.91 Å². The van der Waals surface area contributed by atoms with E-state index in [4.69, 9.17) is 0 Å². The van der Waals surface area contributed by atoms with Gasteiger partial charge in [0.15, 0.2) is 0 Å². The Morgan fingerprint density at radius 3 is 2.62 bits per heavy atom. The van der Waals surface area contributed by atoms with E-state index < -0.39 is 0 Å². The molecular formula is C18H21NOS. The largest absolute Gasteiger partial charge is 0.351 e. The van der Waals surface area contributed by atoms with Gasteiger partial charge in [0, 0.05) is 23.6 Å². The molecule has 2 nitrogen and oxygen atoms in total. The summed E-state index contributed by atoms with van der Waals surface area (Å²) in [4.78, 5) is 12.1. The molecule has 2 rings (SSSR count). The molecule has 0 saturated carbocycles. The molecule has 110 valence electrons. The van der Waals surface area contributed by atoms with Crippen LogP contribution in [-0.4, -0.2) is 18.2 Å². The minimum atomic E-state index is 0.0245. The zero-order valence-electron chi connectivity index (χ0n) is 12.6. The third kappa shape index (κ3) is 4.94. The summed E-state index contributed by atoms with van der Waals surface area (Å²) in [5, 5.41) is 2.99. The molecule has 0 heterocycles. The molecule has 0 fully saturated rings. The molecular weight excluding hydrogens is 278 g/mol. The number of nitrogens with one attached hydrogen (secondary N) is 1. The van der Waals surface area contributed by atoms with Crippen LogP contribution in [0.2, 0.25) is 0 Å². The maximum atomic E-state index is 12.1. The third-order valence-electron chi connectivity index (χ3n) is 3.28. The Hall–Kier alpha value is -1.74. The molecule has 0 aliphatic rings. The first-order chi connectivity index (χ1) is 10.2. The highest BCUT2D eigenvalue weighted by atomic mass is 32.2. The lowest BCUT2D eigenvalue weighted by Gasteiger charge is -2.08. The Bertz CT molecular complexity index is 595. The molecule has 0 atom stereocenters. The van der Waals surface area contributed by atoms with Gasteiger partial charge < -0.3 is 5.32 Å². The topological polar surface area (TPSA) is 29.1 Å². The molecule has 2 aromatic rings. The minimum Gasteiger partial charge on any atom is -0.351 e. The summed E-state index contributed by atoms with van der Waals surface area (Å²) in [7, 11) is 0. The van der Waals surface area contributed by atoms with E-state index in [2.05, 4.69) is 29.6 Å². The number of hydrogen-bond acceptors (Lipinski definition) is 2. The highest BCUT2D eigenvalue weighted by molar-refractivity contribution is 7.98. The van der Waals surface area contributed by atoms with Crippen LogP contribution in [0.25, 0.3) is 0 Å². The Morgan fingerprint density at radius 1 is 1.10 bits per heavy atom. The molecule has 0 unspecified atom stereocenters. The van der Waals surface area contributed by atoms with Crippen LogP contribution in [0.5, 0.6) is 0 Å². The Labute approximate surface area is 131 Å². The summed E-state index contributed by atoms with van der Waals surface area (Å²) in [6.45, 7) is 4.67. The molecule has 0 aromatic heterocycles. The summed E-state index contributed by atoms with van der Waals surface area (Å²) in [6, 6.07) is 16.4. The van der Waals surface area contributed by atoms with E-state index in [1.54, 1.807) is 0 Å². The van der Waals surface area contributed by atoms with E-state index >= 15 is 0 Å². The molecule has 3 heteroatoms. The first kappa shape index (κ1) is 15.6. The predicted molar refractivity (Wildman–Crippen MR) is 90.9 cm³/mol.